The third kappa shape index (κ3) is 3.22. The first-order valence-corrected chi connectivity index (χ1v) is 8.90. The largest absolute Gasteiger partial charge is 0.349 e. The van der Waals surface area contributed by atoms with E-state index in [4.69, 9.17) is 4.29 Å². The summed E-state index contributed by atoms with van der Waals surface area (Å²) in [6.07, 6.45) is 0. The summed E-state index contributed by atoms with van der Waals surface area (Å²) in [7, 11) is -4.54. The Morgan fingerprint density at radius 2 is 1.62 bits per heavy atom. The number of aryl methyl sites for hydroxylation is 1. The van der Waals surface area contributed by atoms with Crippen LogP contribution in [0.1, 0.15) is 11.1 Å². The van der Waals surface area contributed by atoms with Crippen molar-refractivity contribution in [2.45, 2.75) is 21.0 Å². The van der Waals surface area contributed by atoms with E-state index in [1.165, 1.54) is 23.5 Å². The fourth-order valence-corrected chi connectivity index (χ4v) is 5.85. The van der Waals surface area contributed by atoms with Crippen molar-refractivity contribution in [3.63, 3.8) is 0 Å². The number of fused-ring (bicyclic) bond motifs is 1. The van der Waals surface area contributed by atoms with Crippen LogP contribution in [0.25, 0.3) is 0 Å². The highest BCUT2D eigenvalue weighted by molar-refractivity contribution is 8.19. The Morgan fingerprint density at radius 3 is 2.29 bits per heavy atom. The van der Waals surface area contributed by atoms with Gasteiger partial charge in [-0.2, -0.15) is 14.0 Å². The molecular weight excluding hydrogens is 332 g/mol. The van der Waals surface area contributed by atoms with E-state index in [1.54, 1.807) is 24.3 Å². The molecule has 1 heterocycles. The maximum atomic E-state index is 11.2. The van der Waals surface area contributed by atoms with Gasteiger partial charge in [0.25, 0.3) is 0 Å². The van der Waals surface area contributed by atoms with Gasteiger partial charge in [-0.1, -0.05) is 59.9 Å². The number of hydrogen-bond donors (Lipinski definition) is 0. The number of benzene rings is 2. The molecule has 0 saturated carbocycles. The first kappa shape index (κ1) is 15.2. The molecule has 2 aromatic carbocycles. The summed E-state index contributed by atoms with van der Waals surface area (Å²) in [6, 6.07) is 14.7. The molecule has 0 N–H and O–H groups in total. The zero-order valence-corrected chi connectivity index (χ0v) is 13.3. The Morgan fingerprint density at radius 1 is 0.952 bits per heavy atom. The Labute approximate surface area is 132 Å². The van der Waals surface area contributed by atoms with Gasteiger partial charge in [-0.05, 0) is 24.6 Å². The summed E-state index contributed by atoms with van der Waals surface area (Å²) < 4.78 is 37.1. The normalized spacial score (nSPS) is 21.3. The Bertz CT molecular complexity index is 660. The minimum atomic E-state index is -4.54. The van der Waals surface area contributed by atoms with Crippen molar-refractivity contribution in [1.29, 1.82) is 0 Å². The third-order valence-electron chi connectivity index (χ3n) is 2.91. The highest BCUT2D eigenvalue weighted by Gasteiger charge is 2.54. The molecule has 0 bridgehead atoms. The summed E-state index contributed by atoms with van der Waals surface area (Å²) in [4.78, 5) is 1.80. The second kappa shape index (κ2) is 5.48. The van der Waals surface area contributed by atoms with E-state index in [9.17, 15) is 14.0 Å². The van der Waals surface area contributed by atoms with E-state index in [0.29, 0.717) is 5.56 Å². The molecule has 2 aromatic rings. The van der Waals surface area contributed by atoms with E-state index in [-0.39, 0.29) is 0 Å². The summed E-state index contributed by atoms with van der Waals surface area (Å²) in [6.45, 7) is 1.96. The van der Waals surface area contributed by atoms with Crippen molar-refractivity contribution in [3.8, 4) is 0 Å². The Balaban J connectivity index is 2.05. The first-order valence-electron chi connectivity index (χ1n) is 6.04. The van der Waals surface area contributed by atoms with Gasteiger partial charge in [0.1, 0.15) is 4.29 Å². The van der Waals surface area contributed by atoms with Crippen molar-refractivity contribution in [3.05, 3.63) is 59.7 Å². The molecule has 1 aliphatic rings. The molecule has 1 atom stereocenters. The molecule has 1 aliphatic heterocycles. The van der Waals surface area contributed by atoms with Crippen LogP contribution < -0.4 is 14.0 Å². The molecule has 0 aromatic heterocycles. The van der Waals surface area contributed by atoms with Crippen LogP contribution in [0.15, 0.2) is 58.3 Å². The first-order chi connectivity index (χ1) is 9.88. The molecule has 4 nitrogen and oxygen atoms in total. The molecule has 0 spiro atoms. The topological polar surface area (TPSA) is 78.4 Å². The number of rotatable bonds is 3. The predicted molar refractivity (Wildman–Crippen MR) is 72.1 cm³/mol. The van der Waals surface area contributed by atoms with E-state index in [1.807, 2.05) is 31.2 Å². The van der Waals surface area contributed by atoms with Gasteiger partial charge >= 0.3 is 4.27 Å². The van der Waals surface area contributed by atoms with Gasteiger partial charge in [0.15, 0.2) is 0 Å². The highest BCUT2D eigenvalue weighted by Crippen LogP contribution is 2.62. The molecule has 3 rings (SSSR count). The molecule has 0 radical (unpaired) electrons. The Kier molecular flexibility index (Phi) is 3.96. The van der Waals surface area contributed by atoms with Crippen molar-refractivity contribution in [1.82, 2.24) is 0 Å². The zero-order chi connectivity index (χ0) is 15.1. The molecule has 0 amide bonds. The van der Waals surface area contributed by atoms with Gasteiger partial charge < -0.3 is 0 Å². The van der Waals surface area contributed by atoms with E-state index in [0.717, 1.165) is 15.4 Å². The quantitative estimate of drug-likeness (QED) is 0.825. The van der Waals surface area contributed by atoms with Crippen LogP contribution in [-0.4, -0.2) is 0 Å². The summed E-state index contributed by atoms with van der Waals surface area (Å²) in [5.74, 6) is 0. The van der Waals surface area contributed by atoms with Crippen molar-refractivity contribution in [2.75, 3.05) is 0 Å². The second-order valence-electron chi connectivity index (χ2n) is 4.53. The van der Waals surface area contributed by atoms with Gasteiger partial charge in [0.05, 0.1) is 10.2 Å². The second-order valence-corrected chi connectivity index (χ2v) is 8.14. The Hall–Kier alpha value is -0.730. The lowest BCUT2D eigenvalue weighted by molar-refractivity contribution is -1.92. The fourth-order valence-electron chi connectivity index (χ4n) is 2.05. The van der Waals surface area contributed by atoms with Crippen molar-refractivity contribution in [2.24, 2.45) is 0 Å². The molecule has 21 heavy (non-hydrogen) atoms. The van der Waals surface area contributed by atoms with Crippen molar-refractivity contribution >= 4 is 23.5 Å². The van der Waals surface area contributed by atoms with Gasteiger partial charge in [-0.3, -0.25) is 0 Å². The van der Waals surface area contributed by atoms with Crippen LogP contribution in [0.5, 0.6) is 0 Å². The fraction of sp³-hybridized carbons (Fsp3) is 0.143. The average molecular weight is 343 g/mol. The van der Waals surface area contributed by atoms with Crippen LogP contribution in [0, 0.1) is 17.2 Å². The van der Waals surface area contributed by atoms with Crippen LogP contribution in [0.2, 0.25) is 0 Å². The molecule has 7 heteroatoms. The van der Waals surface area contributed by atoms with Crippen LogP contribution >= 0.6 is 23.5 Å². The lowest BCUT2D eigenvalue weighted by Gasteiger charge is -2.24. The zero-order valence-electron chi connectivity index (χ0n) is 10.9. The lowest BCUT2D eigenvalue weighted by atomic mass is 10.2. The maximum Gasteiger partial charge on any atom is 0.349 e. The molecule has 1 unspecified atom stereocenters. The lowest BCUT2D eigenvalue weighted by Crippen LogP contribution is -2.63. The van der Waals surface area contributed by atoms with Gasteiger partial charge in [0, 0.05) is 15.4 Å². The van der Waals surface area contributed by atoms with Crippen LogP contribution in [0.4, 0.5) is 0 Å². The van der Waals surface area contributed by atoms with Gasteiger partial charge in [-0.15, -0.1) is 0 Å². The summed E-state index contributed by atoms with van der Waals surface area (Å²) in [5, 5.41) is 0. The van der Waals surface area contributed by atoms with Crippen molar-refractivity contribution < 1.29 is 28.5 Å². The molecule has 110 valence electrons. The van der Waals surface area contributed by atoms with E-state index < -0.39 is 14.5 Å². The monoisotopic (exact) mass is 342 g/mol. The molecular formula is C14H11ClO4S2. The average Bonchev–Trinajstić information content (AvgIpc) is 2.76. The van der Waals surface area contributed by atoms with Gasteiger partial charge in [-0.25, -0.2) is 0 Å². The number of hydrogen-bond acceptors (Lipinski definition) is 6. The minimum absolute atomic E-state index is 0.626. The SMILES string of the molecule is Cc1ccc2c(c1)SC(O[Cl+3]([O-])([O-])[O-])(c1ccccc1)S2. The molecule has 0 saturated heterocycles. The molecule has 0 aliphatic carbocycles. The third-order valence-corrected chi connectivity index (χ3v) is 6.45. The highest BCUT2D eigenvalue weighted by atomic mass is 35.7. The minimum Gasteiger partial charge on any atom is -0.183 e. The van der Waals surface area contributed by atoms with Crippen LogP contribution in [0.3, 0.4) is 0 Å². The van der Waals surface area contributed by atoms with E-state index in [2.05, 4.69) is 0 Å². The standard InChI is InChI=1S/C14H11ClO4S2/c1-10-7-8-12-13(9-10)21-14(20-12,19-15(16,17)18)11-5-3-2-4-6-11/h2-9H,1H3. The number of thioether (sulfide) groups is 2. The maximum absolute atomic E-state index is 11.2. The molecule has 0 fully saturated rings. The van der Waals surface area contributed by atoms with E-state index >= 15 is 0 Å². The predicted octanol–water partition coefficient (Wildman–Crippen LogP) is 0.917. The summed E-state index contributed by atoms with van der Waals surface area (Å²) >= 11 is 2.46. The smallest absolute Gasteiger partial charge is 0.183 e. The van der Waals surface area contributed by atoms with Gasteiger partial charge in [0.2, 0.25) is 0 Å². The number of halogens is 1. The van der Waals surface area contributed by atoms with Crippen LogP contribution in [-0.2, 0) is 8.55 Å². The summed E-state index contributed by atoms with van der Waals surface area (Å²) in [5.41, 5.74) is 1.69.